The third kappa shape index (κ3) is 4.51. The maximum atomic E-state index is 13.6. The Bertz CT molecular complexity index is 957. The van der Waals surface area contributed by atoms with Crippen molar-refractivity contribution >= 4 is 23.4 Å². The van der Waals surface area contributed by atoms with Crippen LogP contribution in [0.15, 0.2) is 47.6 Å². The summed E-state index contributed by atoms with van der Waals surface area (Å²) in [5, 5.41) is 11.4. The Labute approximate surface area is 159 Å². The number of halogens is 2. The fraction of sp³-hybridized carbons (Fsp3) is 0.211. The quantitative estimate of drug-likeness (QED) is 0.640. The highest BCUT2D eigenvalue weighted by Crippen LogP contribution is 2.24. The number of rotatable bonds is 6. The first-order valence-electron chi connectivity index (χ1n) is 8.36. The zero-order valence-corrected chi connectivity index (χ0v) is 15.7. The first kappa shape index (κ1) is 19.0. The average Bonchev–Trinajstić information content (AvgIpc) is 3.06. The van der Waals surface area contributed by atoms with E-state index in [1.807, 2.05) is 42.7 Å². The number of aryl methyl sites for hydroxylation is 1. The standard InChI is InChI=1S/C19H18F2N4OS/c1-3-25-18(13-6-4-12(2)5-7-13)23-24-19(25)27-11-17(26)22-16-9-8-14(20)10-15(16)21/h4-10H,3,11H2,1-2H3,(H,22,26). The normalized spacial score (nSPS) is 10.8. The zero-order valence-electron chi connectivity index (χ0n) is 14.9. The minimum absolute atomic E-state index is 0.0306. The summed E-state index contributed by atoms with van der Waals surface area (Å²) in [5.41, 5.74) is 2.04. The van der Waals surface area contributed by atoms with Crippen LogP contribution in [0.5, 0.6) is 0 Å². The second-order valence-corrected chi connectivity index (χ2v) is 6.82. The SMILES string of the molecule is CCn1c(SCC(=O)Nc2ccc(F)cc2F)nnc1-c1ccc(C)cc1. The molecular weight excluding hydrogens is 370 g/mol. The molecule has 27 heavy (non-hydrogen) atoms. The number of hydrogen-bond acceptors (Lipinski definition) is 4. The molecule has 0 aliphatic heterocycles. The van der Waals surface area contributed by atoms with Crippen LogP contribution < -0.4 is 5.32 Å². The molecule has 1 heterocycles. The Hall–Kier alpha value is -2.74. The summed E-state index contributed by atoms with van der Waals surface area (Å²) in [6.07, 6.45) is 0. The number of hydrogen-bond donors (Lipinski definition) is 1. The van der Waals surface area contributed by atoms with E-state index in [9.17, 15) is 13.6 Å². The molecule has 0 bridgehead atoms. The van der Waals surface area contributed by atoms with Crippen molar-refractivity contribution in [3.8, 4) is 11.4 Å². The van der Waals surface area contributed by atoms with E-state index in [2.05, 4.69) is 15.5 Å². The summed E-state index contributed by atoms with van der Waals surface area (Å²) in [5.74, 6) is -1.16. The summed E-state index contributed by atoms with van der Waals surface area (Å²) >= 11 is 1.21. The van der Waals surface area contributed by atoms with Crippen molar-refractivity contribution in [3.63, 3.8) is 0 Å². The highest BCUT2D eigenvalue weighted by molar-refractivity contribution is 7.99. The third-order valence-corrected chi connectivity index (χ3v) is 4.85. The van der Waals surface area contributed by atoms with Crippen LogP contribution in [0.25, 0.3) is 11.4 Å². The Morgan fingerprint density at radius 3 is 2.56 bits per heavy atom. The molecule has 0 aliphatic carbocycles. The van der Waals surface area contributed by atoms with Crippen LogP contribution in [-0.4, -0.2) is 26.4 Å². The first-order chi connectivity index (χ1) is 13.0. The largest absolute Gasteiger partial charge is 0.323 e. The molecule has 3 rings (SSSR count). The lowest BCUT2D eigenvalue weighted by Crippen LogP contribution is -2.15. The van der Waals surface area contributed by atoms with Gasteiger partial charge in [0.1, 0.15) is 11.6 Å². The van der Waals surface area contributed by atoms with Gasteiger partial charge in [-0.2, -0.15) is 0 Å². The van der Waals surface area contributed by atoms with Crippen molar-refractivity contribution in [3.05, 3.63) is 59.7 Å². The third-order valence-electron chi connectivity index (χ3n) is 3.88. The van der Waals surface area contributed by atoms with Crippen LogP contribution in [-0.2, 0) is 11.3 Å². The molecule has 0 unspecified atom stereocenters. The summed E-state index contributed by atoms with van der Waals surface area (Å²) in [4.78, 5) is 12.1. The van der Waals surface area contributed by atoms with E-state index in [4.69, 9.17) is 0 Å². The van der Waals surface area contributed by atoms with E-state index in [0.717, 1.165) is 29.1 Å². The summed E-state index contributed by atoms with van der Waals surface area (Å²) in [7, 11) is 0. The lowest BCUT2D eigenvalue weighted by atomic mass is 10.1. The Kier molecular flexibility index (Phi) is 5.85. The van der Waals surface area contributed by atoms with Crippen molar-refractivity contribution in [2.45, 2.75) is 25.5 Å². The van der Waals surface area contributed by atoms with E-state index >= 15 is 0 Å². The topological polar surface area (TPSA) is 59.8 Å². The maximum Gasteiger partial charge on any atom is 0.234 e. The highest BCUT2D eigenvalue weighted by Gasteiger charge is 2.15. The minimum atomic E-state index is -0.813. The fourth-order valence-corrected chi connectivity index (χ4v) is 3.31. The Morgan fingerprint density at radius 1 is 1.15 bits per heavy atom. The molecule has 1 N–H and O–H groups in total. The minimum Gasteiger partial charge on any atom is -0.323 e. The van der Waals surface area contributed by atoms with Crippen molar-refractivity contribution in [1.82, 2.24) is 14.8 Å². The molecule has 0 spiro atoms. The molecule has 3 aromatic rings. The number of nitrogens with zero attached hydrogens (tertiary/aromatic N) is 3. The number of carbonyl (C=O) groups is 1. The Morgan fingerprint density at radius 2 is 1.89 bits per heavy atom. The van der Waals surface area contributed by atoms with Crippen LogP contribution in [0.1, 0.15) is 12.5 Å². The van der Waals surface area contributed by atoms with Gasteiger partial charge in [0.05, 0.1) is 11.4 Å². The molecule has 0 atom stereocenters. The van der Waals surface area contributed by atoms with Crippen LogP contribution >= 0.6 is 11.8 Å². The number of nitrogens with one attached hydrogen (secondary N) is 1. The molecular formula is C19H18F2N4OS. The van der Waals surface area contributed by atoms with Gasteiger partial charge in [-0.3, -0.25) is 4.79 Å². The van der Waals surface area contributed by atoms with Crippen molar-refractivity contribution in [2.24, 2.45) is 0 Å². The molecule has 5 nitrogen and oxygen atoms in total. The van der Waals surface area contributed by atoms with Crippen LogP contribution in [0.3, 0.4) is 0 Å². The molecule has 1 aromatic heterocycles. The van der Waals surface area contributed by atoms with Gasteiger partial charge in [0.2, 0.25) is 5.91 Å². The van der Waals surface area contributed by atoms with Crippen LogP contribution in [0.2, 0.25) is 0 Å². The smallest absolute Gasteiger partial charge is 0.234 e. The molecule has 0 saturated carbocycles. The number of aromatic nitrogens is 3. The number of carbonyl (C=O) groups excluding carboxylic acids is 1. The van der Waals surface area contributed by atoms with E-state index in [0.29, 0.717) is 11.7 Å². The first-order valence-corrected chi connectivity index (χ1v) is 9.34. The van der Waals surface area contributed by atoms with E-state index in [1.54, 1.807) is 0 Å². The van der Waals surface area contributed by atoms with Crippen molar-refractivity contribution in [1.29, 1.82) is 0 Å². The zero-order chi connectivity index (χ0) is 19.4. The number of anilines is 1. The molecule has 8 heteroatoms. The van der Waals surface area contributed by atoms with Crippen LogP contribution in [0.4, 0.5) is 14.5 Å². The summed E-state index contributed by atoms with van der Waals surface area (Å²) in [6.45, 7) is 4.63. The average molecular weight is 388 g/mol. The van der Waals surface area contributed by atoms with Gasteiger partial charge in [-0.25, -0.2) is 8.78 Å². The number of amides is 1. The predicted molar refractivity (Wildman–Crippen MR) is 102 cm³/mol. The van der Waals surface area contributed by atoms with Gasteiger partial charge < -0.3 is 9.88 Å². The molecule has 140 valence electrons. The summed E-state index contributed by atoms with van der Waals surface area (Å²) in [6, 6.07) is 11.0. The molecule has 0 saturated heterocycles. The van der Waals surface area contributed by atoms with E-state index in [1.165, 1.54) is 17.8 Å². The van der Waals surface area contributed by atoms with E-state index < -0.39 is 17.5 Å². The maximum absolute atomic E-state index is 13.6. The molecule has 0 aliphatic rings. The molecule has 1 amide bonds. The molecule has 0 fully saturated rings. The monoisotopic (exact) mass is 388 g/mol. The van der Waals surface area contributed by atoms with Crippen molar-refractivity contribution < 1.29 is 13.6 Å². The summed E-state index contributed by atoms with van der Waals surface area (Å²) < 4.78 is 28.5. The van der Waals surface area contributed by atoms with Crippen molar-refractivity contribution in [2.75, 3.05) is 11.1 Å². The highest BCUT2D eigenvalue weighted by atomic mass is 32.2. The van der Waals surface area contributed by atoms with Gasteiger partial charge >= 0.3 is 0 Å². The van der Waals surface area contributed by atoms with Crippen LogP contribution in [0, 0.1) is 18.6 Å². The number of benzene rings is 2. The predicted octanol–water partition coefficient (Wildman–Crippen LogP) is 4.28. The van der Waals surface area contributed by atoms with Gasteiger partial charge in [0, 0.05) is 18.2 Å². The lowest BCUT2D eigenvalue weighted by molar-refractivity contribution is -0.113. The molecule has 2 aromatic carbocycles. The van der Waals surface area contributed by atoms with Gasteiger partial charge in [-0.15, -0.1) is 10.2 Å². The number of thioether (sulfide) groups is 1. The second kappa shape index (κ2) is 8.30. The lowest BCUT2D eigenvalue weighted by Gasteiger charge is -2.08. The van der Waals surface area contributed by atoms with E-state index in [-0.39, 0.29) is 11.4 Å². The second-order valence-electron chi connectivity index (χ2n) is 5.88. The van der Waals surface area contributed by atoms with Gasteiger partial charge in [-0.1, -0.05) is 41.6 Å². The van der Waals surface area contributed by atoms with Gasteiger partial charge in [0.15, 0.2) is 11.0 Å². The van der Waals surface area contributed by atoms with Gasteiger partial charge in [-0.05, 0) is 26.0 Å². The Balaban J connectivity index is 1.69. The van der Waals surface area contributed by atoms with Gasteiger partial charge in [0.25, 0.3) is 0 Å². The fourth-order valence-electron chi connectivity index (χ4n) is 2.50. The molecule has 0 radical (unpaired) electrons.